The van der Waals surface area contributed by atoms with Crippen molar-refractivity contribution >= 4 is 35.1 Å². The molecule has 0 atom stereocenters. The Morgan fingerprint density at radius 3 is 2.73 bits per heavy atom. The summed E-state index contributed by atoms with van der Waals surface area (Å²) in [6.07, 6.45) is 3.62. The fraction of sp³-hybridized carbons (Fsp3) is 0.706. The smallest absolute Gasteiger partial charge is 0.230 e. The van der Waals surface area contributed by atoms with Gasteiger partial charge in [-0.1, -0.05) is 23.4 Å². The monoisotopic (exact) mass is 399 g/mol. The Kier molecular flexibility index (Phi) is 7.79. The number of thioether (sulfide) groups is 1. The number of amides is 1. The van der Waals surface area contributed by atoms with E-state index < -0.39 is 0 Å². The van der Waals surface area contributed by atoms with Gasteiger partial charge in [-0.15, -0.1) is 0 Å². The van der Waals surface area contributed by atoms with Crippen molar-refractivity contribution in [1.82, 2.24) is 20.2 Å². The van der Waals surface area contributed by atoms with Gasteiger partial charge in [0, 0.05) is 45.3 Å². The topological polar surface area (TPSA) is 70.6 Å². The summed E-state index contributed by atoms with van der Waals surface area (Å²) in [7, 11) is 0. The van der Waals surface area contributed by atoms with Gasteiger partial charge in [0.1, 0.15) is 11.0 Å². The molecule has 0 saturated carbocycles. The number of halogens is 1. The Hall–Kier alpha value is -1.09. The maximum absolute atomic E-state index is 12.1. The van der Waals surface area contributed by atoms with Gasteiger partial charge in [-0.05, 0) is 19.3 Å². The lowest BCUT2D eigenvalue weighted by Crippen LogP contribution is -2.41. The molecule has 0 bridgehead atoms. The number of rotatable bonds is 7. The van der Waals surface area contributed by atoms with Crippen molar-refractivity contribution in [1.29, 1.82) is 0 Å². The number of ether oxygens (including phenoxy) is 1. The first kappa shape index (κ1) is 19.7. The van der Waals surface area contributed by atoms with Crippen LogP contribution in [0.15, 0.2) is 11.2 Å². The predicted molar refractivity (Wildman–Crippen MR) is 104 cm³/mol. The summed E-state index contributed by atoms with van der Waals surface area (Å²) in [6, 6.07) is 1.80. The van der Waals surface area contributed by atoms with Gasteiger partial charge < -0.3 is 15.0 Å². The first-order valence-corrected chi connectivity index (χ1v) is 10.6. The van der Waals surface area contributed by atoms with Gasteiger partial charge >= 0.3 is 0 Å². The number of nitrogens with zero attached hydrogens (tertiary/aromatic N) is 4. The zero-order valence-corrected chi connectivity index (χ0v) is 16.5. The van der Waals surface area contributed by atoms with Crippen molar-refractivity contribution in [3.63, 3.8) is 0 Å². The summed E-state index contributed by atoms with van der Waals surface area (Å²) < 4.78 is 5.32. The molecule has 3 heterocycles. The molecule has 0 radical (unpaired) electrons. The summed E-state index contributed by atoms with van der Waals surface area (Å²) in [5.74, 6) is 1.15. The standard InChI is InChI=1S/C17H26ClN5O2S/c18-14-12-15(23-5-2-1-3-6-23)21-17(20-14)26-13-16(24)19-4-7-22-8-10-25-11-9-22/h12H,1-11,13H2,(H,19,24). The number of hydrogen-bond donors (Lipinski definition) is 1. The van der Waals surface area contributed by atoms with Crippen LogP contribution in [0.25, 0.3) is 0 Å². The lowest BCUT2D eigenvalue weighted by Gasteiger charge is -2.27. The van der Waals surface area contributed by atoms with E-state index in [-0.39, 0.29) is 5.91 Å². The van der Waals surface area contributed by atoms with Gasteiger partial charge in [0.2, 0.25) is 5.91 Å². The number of aromatic nitrogens is 2. The maximum Gasteiger partial charge on any atom is 0.230 e. The minimum absolute atomic E-state index is 0.00800. The molecule has 3 rings (SSSR count). The zero-order valence-electron chi connectivity index (χ0n) is 15.0. The Morgan fingerprint density at radius 1 is 1.19 bits per heavy atom. The van der Waals surface area contributed by atoms with Gasteiger partial charge in [0.15, 0.2) is 5.16 Å². The molecule has 0 aromatic carbocycles. The Morgan fingerprint density at radius 2 is 1.96 bits per heavy atom. The molecule has 1 amide bonds. The van der Waals surface area contributed by atoms with E-state index in [1.54, 1.807) is 6.07 Å². The summed E-state index contributed by atoms with van der Waals surface area (Å²) in [5.41, 5.74) is 0. The highest BCUT2D eigenvalue weighted by Crippen LogP contribution is 2.24. The summed E-state index contributed by atoms with van der Waals surface area (Å²) in [5, 5.41) is 3.94. The fourth-order valence-corrected chi connectivity index (χ4v) is 4.01. The van der Waals surface area contributed by atoms with E-state index in [4.69, 9.17) is 16.3 Å². The van der Waals surface area contributed by atoms with Crippen molar-refractivity contribution in [2.24, 2.45) is 0 Å². The van der Waals surface area contributed by atoms with Crippen molar-refractivity contribution in [2.75, 3.05) is 63.1 Å². The van der Waals surface area contributed by atoms with E-state index >= 15 is 0 Å². The number of anilines is 1. The molecule has 2 aliphatic rings. The third-order valence-electron chi connectivity index (χ3n) is 4.53. The Balaban J connectivity index is 1.43. The van der Waals surface area contributed by atoms with Gasteiger partial charge in [0.05, 0.1) is 19.0 Å². The van der Waals surface area contributed by atoms with E-state index in [2.05, 4.69) is 25.1 Å². The summed E-state index contributed by atoms with van der Waals surface area (Å²) >= 11 is 7.47. The quantitative estimate of drug-likeness (QED) is 0.424. The molecule has 2 fully saturated rings. The molecule has 1 N–H and O–H groups in total. The minimum atomic E-state index is -0.00800. The molecule has 26 heavy (non-hydrogen) atoms. The highest BCUT2D eigenvalue weighted by molar-refractivity contribution is 7.99. The number of hydrogen-bond acceptors (Lipinski definition) is 7. The third-order valence-corrected chi connectivity index (χ3v) is 5.57. The first-order chi connectivity index (χ1) is 12.7. The zero-order chi connectivity index (χ0) is 18.2. The molecule has 0 unspecified atom stereocenters. The second-order valence-electron chi connectivity index (χ2n) is 6.47. The Bertz CT molecular complexity index is 595. The molecule has 7 nitrogen and oxygen atoms in total. The highest BCUT2D eigenvalue weighted by Gasteiger charge is 2.15. The van der Waals surface area contributed by atoms with Crippen LogP contribution in [0.5, 0.6) is 0 Å². The van der Waals surface area contributed by atoms with Gasteiger partial charge in [-0.2, -0.15) is 0 Å². The highest BCUT2D eigenvalue weighted by atomic mass is 35.5. The van der Waals surface area contributed by atoms with E-state index in [0.29, 0.717) is 22.6 Å². The molecule has 9 heteroatoms. The van der Waals surface area contributed by atoms with Crippen LogP contribution in [0.1, 0.15) is 19.3 Å². The first-order valence-electron chi connectivity index (χ1n) is 9.20. The van der Waals surface area contributed by atoms with Crippen LogP contribution in [0.4, 0.5) is 5.82 Å². The molecule has 0 aliphatic carbocycles. The SMILES string of the molecule is O=C(CSc1nc(Cl)cc(N2CCCCC2)n1)NCCN1CCOCC1. The molecule has 1 aromatic rings. The average Bonchev–Trinajstić information content (AvgIpc) is 2.67. The van der Waals surface area contributed by atoms with Crippen molar-refractivity contribution in [3.8, 4) is 0 Å². The van der Waals surface area contributed by atoms with E-state index in [1.807, 2.05) is 0 Å². The van der Waals surface area contributed by atoms with Crippen LogP contribution in [0.2, 0.25) is 5.15 Å². The second kappa shape index (κ2) is 10.3. The fourth-order valence-electron chi connectivity index (χ4n) is 3.09. The van der Waals surface area contributed by atoms with Crippen LogP contribution in [0, 0.1) is 0 Å². The molecule has 2 saturated heterocycles. The number of nitrogens with one attached hydrogen (secondary N) is 1. The molecule has 1 aromatic heterocycles. The average molecular weight is 400 g/mol. The van der Waals surface area contributed by atoms with Crippen molar-refractivity contribution in [3.05, 3.63) is 11.2 Å². The number of morpholine rings is 1. The molecular weight excluding hydrogens is 374 g/mol. The number of carbonyl (C=O) groups is 1. The predicted octanol–water partition coefficient (Wildman–Crippen LogP) is 1.66. The number of piperidine rings is 1. The molecular formula is C17H26ClN5O2S. The lowest BCUT2D eigenvalue weighted by atomic mass is 10.1. The van der Waals surface area contributed by atoms with E-state index in [9.17, 15) is 4.79 Å². The molecule has 2 aliphatic heterocycles. The van der Waals surface area contributed by atoms with Gasteiger partial charge in [-0.25, -0.2) is 9.97 Å². The largest absolute Gasteiger partial charge is 0.379 e. The second-order valence-corrected chi connectivity index (χ2v) is 7.80. The lowest BCUT2D eigenvalue weighted by molar-refractivity contribution is -0.118. The normalized spacial score (nSPS) is 18.7. The van der Waals surface area contributed by atoms with Crippen LogP contribution in [-0.2, 0) is 9.53 Å². The van der Waals surface area contributed by atoms with Gasteiger partial charge in [-0.3, -0.25) is 9.69 Å². The van der Waals surface area contributed by atoms with Crippen LogP contribution >= 0.6 is 23.4 Å². The third kappa shape index (κ3) is 6.26. The van der Waals surface area contributed by atoms with Crippen LogP contribution in [0.3, 0.4) is 0 Å². The summed E-state index contributed by atoms with van der Waals surface area (Å²) in [4.78, 5) is 25.4. The molecule has 0 spiro atoms. The van der Waals surface area contributed by atoms with Crippen molar-refractivity contribution in [2.45, 2.75) is 24.4 Å². The van der Waals surface area contributed by atoms with Crippen LogP contribution < -0.4 is 10.2 Å². The van der Waals surface area contributed by atoms with Gasteiger partial charge in [0.25, 0.3) is 0 Å². The maximum atomic E-state index is 12.1. The minimum Gasteiger partial charge on any atom is -0.379 e. The van der Waals surface area contributed by atoms with E-state index in [0.717, 1.165) is 51.8 Å². The molecule has 144 valence electrons. The van der Waals surface area contributed by atoms with Crippen molar-refractivity contribution < 1.29 is 9.53 Å². The number of carbonyl (C=O) groups excluding carboxylic acids is 1. The Labute approximate surface area is 163 Å². The van der Waals surface area contributed by atoms with E-state index in [1.165, 1.54) is 31.0 Å². The van der Waals surface area contributed by atoms with Crippen LogP contribution in [-0.4, -0.2) is 79.0 Å². The summed E-state index contributed by atoms with van der Waals surface area (Å²) in [6.45, 7) is 6.91.